The molecule has 0 saturated heterocycles. The van der Waals surface area contributed by atoms with Crippen LogP contribution in [0.25, 0.3) is 0 Å². The summed E-state index contributed by atoms with van der Waals surface area (Å²) in [5, 5.41) is 5.26. The van der Waals surface area contributed by atoms with Crippen LogP contribution in [0, 0.1) is 5.92 Å². The predicted octanol–water partition coefficient (Wildman–Crippen LogP) is 0.902. The summed E-state index contributed by atoms with van der Waals surface area (Å²) in [5.41, 5.74) is 7.35. The van der Waals surface area contributed by atoms with E-state index in [9.17, 15) is 19.2 Å². The molecule has 0 saturated carbocycles. The number of hydrogen-bond donors (Lipinski definition) is 5. The molecule has 0 aliphatic carbocycles. The fraction of sp³-hybridized carbons (Fsp3) is 0.583. The van der Waals surface area contributed by atoms with Crippen molar-refractivity contribution in [3.8, 4) is 0 Å². The molecule has 1 rings (SSSR count). The molecule has 1 aromatic rings. The number of nitrogens with two attached hydrogens (primary N) is 2. The molecule has 0 heterocycles. The Kier molecular flexibility index (Phi) is 11.6. The van der Waals surface area contributed by atoms with Gasteiger partial charge >= 0.3 is 6.09 Å². The fourth-order valence-electron chi connectivity index (χ4n) is 3.49. The van der Waals surface area contributed by atoms with Gasteiger partial charge in [0.05, 0.1) is 11.7 Å². The molecule has 1 aromatic carbocycles. The number of nitrogens with one attached hydrogen (secondary N) is 3. The van der Waals surface area contributed by atoms with Crippen LogP contribution >= 0.6 is 0 Å². The van der Waals surface area contributed by atoms with E-state index < -0.39 is 53.7 Å². The number of hydrogen-bond acceptors (Lipinski definition) is 7. The molecule has 196 valence electrons. The van der Waals surface area contributed by atoms with E-state index in [2.05, 4.69) is 10.6 Å². The summed E-state index contributed by atoms with van der Waals surface area (Å²) >= 11 is 0. The van der Waals surface area contributed by atoms with Gasteiger partial charge in [0.25, 0.3) is 11.8 Å². The number of amides is 4. The van der Waals surface area contributed by atoms with Gasteiger partial charge in [0.1, 0.15) is 12.1 Å². The Morgan fingerprint density at radius 2 is 1.54 bits per heavy atom. The molecule has 11 heteroatoms. The maximum absolute atomic E-state index is 13.2. The lowest BCUT2D eigenvalue weighted by molar-refractivity contribution is -0.139. The highest BCUT2D eigenvalue weighted by Gasteiger charge is 2.34. The minimum atomic E-state index is -1.25. The van der Waals surface area contributed by atoms with E-state index in [0.29, 0.717) is 0 Å². The van der Waals surface area contributed by atoms with Gasteiger partial charge in [-0.1, -0.05) is 44.2 Å². The minimum Gasteiger partial charge on any atom is -0.436 e. The first-order valence-electron chi connectivity index (χ1n) is 11.5. The third-order valence-electron chi connectivity index (χ3n) is 4.89. The van der Waals surface area contributed by atoms with Crippen LogP contribution in [0.15, 0.2) is 30.3 Å². The lowest BCUT2D eigenvalue weighted by atomic mass is 10.0. The lowest BCUT2D eigenvalue weighted by Crippen LogP contribution is -2.60. The second-order valence-corrected chi connectivity index (χ2v) is 9.74. The first kappa shape index (κ1) is 29.9. The predicted molar refractivity (Wildman–Crippen MR) is 131 cm³/mol. The number of ether oxygens (including phenoxy) is 2. The van der Waals surface area contributed by atoms with Gasteiger partial charge in [0.15, 0.2) is 6.10 Å². The van der Waals surface area contributed by atoms with Crippen LogP contribution in [-0.4, -0.2) is 53.7 Å². The Bertz CT molecular complexity index is 856. The summed E-state index contributed by atoms with van der Waals surface area (Å²) in [6.07, 6.45) is -2.75. The van der Waals surface area contributed by atoms with E-state index in [1.807, 2.05) is 46.1 Å². The molecule has 4 atom stereocenters. The lowest BCUT2D eigenvalue weighted by Gasteiger charge is -2.31. The van der Waals surface area contributed by atoms with E-state index in [0.717, 1.165) is 5.56 Å². The SMILES string of the molecule is CC(C)CC(NC(=O)C(Cc1ccccc1)OC(N)=O)C(=O)N[C@H](C(=O)NN)[C@@H](C)OC(C)(C)C. The minimum absolute atomic E-state index is 0.0146. The molecule has 0 fully saturated rings. The van der Waals surface area contributed by atoms with Crippen molar-refractivity contribution >= 4 is 23.8 Å². The average molecular weight is 494 g/mol. The second kappa shape index (κ2) is 13.6. The molecule has 0 aromatic heterocycles. The number of carbonyl (C=O) groups is 4. The molecule has 0 bridgehead atoms. The van der Waals surface area contributed by atoms with Gasteiger partial charge in [0.2, 0.25) is 5.91 Å². The Hall–Kier alpha value is -3.18. The molecular formula is C24H39N5O6. The topological polar surface area (TPSA) is 175 Å². The molecule has 0 aliphatic heterocycles. The largest absolute Gasteiger partial charge is 0.436 e. The number of carbonyl (C=O) groups excluding carboxylic acids is 4. The van der Waals surface area contributed by atoms with Crippen LogP contribution < -0.4 is 27.6 Å². The maximum Gasteiger partial charge on any atom is 0.405 e. The van der Waals surface area contributed by atoms with E-state index in [-0.39, 0.29) is 18.8 Å². The van der Waals surface area contributed by atoms with Crippen molar-refractivity contribution in [2.24, 2.45) is 17.5 Å². The van der Waals surface area contributed by atoms with Crippen LogP contribution in [0.1, 0.15) is 53.5 Å². The summed E-state index contributed by atoms with van der Waals surface area (Å²) < 4.78 is 10.9. The van der Waals surface area contributed by atoms with Crippen LogP contribution in [0.2, 0.25) is 0 Å². The van der Waals surface area contributed by atoms with Gasteiger partial charge in [-0.05, 0) is 45.6 Å². The van der Waals surface area contributed by atoms with Gasteiger partial charge in [-0.25, -0.2) is 10.6 Å². The van der Waals surface area contributed by atoms with Gasteiger partial charge in [-0.15, -0.1) is 0 Å². The number of rotatable bonds is 12. The number of benzene rings is 1. The van der Waals surface area contributed by atoms with Crippen molar-refractivity contribution < 1.29 is 28.7 Å². The normalized spacial score (nSPS) is 14.9. The zero-order valence-corrected chi connectivity index (χ0v) is 21.3. The highest BCUT2D eigenvalue weighted by molar-refractivity contribution is 5.93. The van der Waals surface area contributed by atoms with Crippen LogP contribution in [0.3, 0.4) is 0 Å². The van der Waals surface area contributed by atoms with E-state index in [1.165, 1.54) is 0 Å². The molecule has 0 aliphatic rings. The van der Waals surface area contributed by atoms with Crippen LogP contribution in [0.5, 0.6) is 0 Å². The van der Waals surface area contributed by atoms with Gasteiger partial charge in [-0.3, -0.25) is 19.8 Å². The second-order valence-electron chi connectivity index (χ2n) is 9.74. The molecule has 11 nitrogen and oxygen atoms in total. The third-order valence-corrected chi connectivity index (χ3v) is 4.89. The Morgan fingerprint density at radius 3 is 2.03 bits per heavy atom. The zero-order chi connectivity index (χ0) is 26.8. The first-order valence-corrected chi connectivity index (χ1v) is 11.5. The zero-order valence-electron chi connectivity index (χ0n) is 21.3. The Balaban J connectivity index is 3.08. The maximum atomic E-state index is 13.2. The average Bonchev–Trinajstić information content (AvgIpc) is 2.74. The molecule has 2 unspecified atom stereocenters. The summed E-state index contributed by atoms with van der Waals surface area (Å²) in [6, 6.07) is 6.80. The molecular weight excluding hydrogens is 454 g/mol. The van der Waals surface area contributed by atoms with Crippen molar-refractivity contribution in [2.75, 3.05) is 0 Å². The monoisotopic (exact) mass is 493 g/mol. The summed E-state index contributed by atoms with van der Waals surface area (Å²) in [7, 11) is 0. The van der Waals surface area contributed by atoms with Crippen molar-refractivity contribution in [2.45, 2.75) is 84.3 Å². The summed E-state index contributed by atoms with van der Waals surface area (Å²) in [4.78, 5) is 50.0. The van der Waals surface area contributed by atoms with Crippen molar-refractivity contribution in [1.29, 1.82) is 0 Å². The van der Waals surface area contributed by atoms with Gasteiger partial charge in [0, 0.05) is 6.42 Å². The van der Waals surface area contributed by atoms with Gasteiger partial charge < -0.3 is 25.8 Å². The molecule has 7 N–H and O–H groups in total. The van der Waals surface area contributed by atoms with Crippen LogP contribution in [0.4, 0.5) is 4.79 Å². The highest BCUT2D eigenvalue weighted by atomic mass is 16.6. The van der Waals surface area contributed by atoms with Crippen molar-refractivity contribution in [1.82, 2.24) is 16.1 Å². The van der Waals surface area contributed by atoms with E-state index in [4.69, 9.17) is 21.1 Å². The van der Waals surface area contributed by atoms with E-state index in [1.54, 1.807) is 31.2 Å². The summed E-state index contributed by atoms with van der Waals surface area (Å²) in [5.74, 6) is 3.38. The standard InChI is InChI=1S/C24H39N5O6/c1-14(2)12-17(20(30)28-19(22(32)29-26)15(3)35-24(4,5)6)27-21(31)18(34-23(25)33)13-16-10-8-7-9-11-16/h7-11,14-15,17-19H,12-13,26H2,1-6H3,(H2,25,33)(H,27,31)(H,28,30)(H,29,32)/t15-,17?,18?,19+/m1/s1. The van der Waals surface area contributed by atoms with Crippen LogP contribution in [-0.2, 0) is 30.3 Å². The fourth-order valence-corrected chi connectivity index (χ4v) is 3.49. The van der Waals surface area contributed by atoms with Gasteiger partial charge in [-0.2, -0.15) is 0 Å². The molecule has 0 spiro atoms. The number of hydrazine groups is 1. The molecule has 4 amide bonds. The molecule has 35 heavy (non-hydrogen) atoms. The highest BCUT2D eigenvalue weighted by Crippen LogP contribution is 2.15. The Morgan fingerprint density at radius 1 is 0.943 bits per heavy atom. The summed E-state index contributed by atoms with van der Waals surface area (Å²) in [6.45, 7) is 10.8. The van der Waals surface area contributed by atoms with Crippen molar-refractivity contribution in [3.63, 3.8) is 0 Å². The third kappa shape index (κ3) is 11.2. The van der Waals surface area contributed by atoms with Crippen molar-refractivity contribution in [3.05, 3.63) is 35.9 Å². The molecule has 0 radical (unpaired) electrons. The number of primary amides is 1. The van der Waals surface area contributed by atoms with E-state index >= 15 is 0 Å². The first-order chi connectivity index (χ1) is 16.2. The smallest absolute Gasteiger partial charge is 0.405 e. The Labute approximate surface area is 206 Å². The quantitative estimate of drug-likeness (QED) is 0.163.